The van der Waals surface area contributed by atoms with Gasteiger partial charge in [0.2, 0.25) is 0 Å². The van der Waals surface area contributed by atoms with Crippen molar-refractivity contribution in [1.82, 2.24) is 15.0 Å². The first-order valence-electron chi connectivity index (χ1n) is 17.2. The standard InChI is InChI=1S/C45H30F6N3.Ir/c46-34-10-13-37(40(49)22-34)43-16-7-28(25-52-43)1-4-31-19-32(5-2-29-8-17-44(53-26-29)38-14-11-35(47)23-41(38)50)21-33(20-31)6-3-30-9-18-45(54-27-30)39-15-12-36(48)24-42(39)51;/h7-12,16-27H,1-6H2;/q-3;+3. The first-order chi connectivity index (χ1) is 26.2. The van der Waals surface area contributed by atoms with Gasteiger partial charge in [-0.25, -0.2) is 0 Å². The van der Waals surface area contributed by atoms with Crippen molar-refractivity contribution in [2.45, 2.75) is 38.5 Å². The Balaban J connectivity index is 0.00000514. The van der Waals surface area contributed by atoms with Gasteiger partial charge < -0.3 is 15.0 Å². The first-order valence-corrected chi connectivity index (χ1v) is 17.2. The molecule has 3 heterocycles. The second-order valence-electron chi connectivity index (χ2n) is 12.9. The molecule has 0 aliphatic heterocycles. The summed E-state index contributed by atoms with van der Waals surface area (Å²) in [6, 6.07) is 30.7. The molecule has 0 saturated carbocycles. The van der Waals surface area contributed by atoms with E-state index in [1.165, 1.54) is 0 Å². The second kappa shape index (κ2) is 17.8. The molecule has 10 heteroatoms. The van der Waals surface area contributed by atoms with Crippen LogP contribution in [-0.2, 0) is 58.6 Å². The van der Waals surface area contributed by atoms with Gasteiger partial charge in [-0.15, -0.1) is 36.4 Å². The van der Waals surface area contributed by atoms with Gasteiger partial charge in [-0.2, -0.15) is 0 Å². The van der Waals surface area contributed by atoms with Crippen LogP contribution in [0.25, 0.3) is 33.8 Å². The van der Waals surface area contributed by atoms with E-state index in [4.69, 9.17) is 0 Å². The molecule has 3 nitrogen and oxygen atoms in total. The molecule has 3 aromatic heterocycles. The summed E-state index contributed by atoms with van der Waals surface area (Å²) in [5.41, 5.74) is 7.65. The van der Waals surface area contributed by atoms with Gasteiger partial charge in [0.25, 0.3) is 0 Å². The van der Waals surface area contributed by atoms with Crippen LogP contribution in [0.1, 0.15) is 33.4 Å². The summed E-state index contributed by atoms with van der Waals surface area (Å²) in [7, 11) is 0. The van der Waals surface area contributed by atoms with E-state index in [9.17, 15) is 26.3 Å². The summed E-state index contributed by atoms with van der Waals surface area (Å²) in [6.07, 6.45) is 9.24. The van der Waals surface area contributed by atoms with Crippen LogP contribution in [-0.4, -0.2) is 15.0 Å². The van der Waals surface area contributed by atoms with E-state index in [2.05, 4.69) is 51.4 Å². The summed E-state index contributed by atoms with van der Waals surface area (Å²) in [5.74, 6) is -4.27. The van der Waals surface area contributed by atoms with E-state index in [0.717, 1.165) is 69.8 Å². The Morgan fingerprint density at radius 1 is 0.364 bits per heavy atom. The van der Waals surface area contributed by atoms with Crippen molar-refractivity contribution >= 4 is 0 Å². The average molecular weight is 919 g/mol. The Bertz CT molecular complexity index is 2120. The molecule has 0 aliphatic rings. The van der Waals surface area contributed by atoms with Crippen LogP contribution < -0.4 is 0 Å². The molecule has 7 rings (SSSR count). The van der Waals surface area contributed by atoms with Crippen molar-refractivity contribution in [2.24, 2.45) is 0 Å². The van der Waals surface area contributed by atoms with Crippen LogP contribution in [0, 0.1) is 53.1 Å². The molecule has 0 N–H and O–H groups in total. The minimum absolute atomic E-state index is 0. The minimum atomic E-state index is -0.724. The molecule has 0 fully saturated rings. The van der Waals surface area contributed by atoms with Gasteiger partial charge in [-0.05, 0) is 89.0 Å². The number of aryl methyl sites for hydroxylation is 6. The van der Waals surface area contributed by atoms with Gasteiger partial charge in [0.1, 0.15) is 0 Å². The molecule has 7 aromatic rings. The van der Waals surface area contributed by atoms with Crippen molar-refractivity contribution in [2.75, 3.05) is 0 Å². The van der Waals surface area contributed by atoms with E-state index in [1.54, 1.807) is 36.8 Å². The van der Waals surface area contributed by atoms with Crippen molar-refractivity contribution < 1.29 is 46.4 Å². The van der Waals surface area contributed by atoms with Gasteiger partial charge in [0.05, 0.1) is 0 Å². The molecule has 0 saturated heterocycles. The Labute approximate surface area is 328 Å². The summed E-state index contributed by atoms with van der Waals surface area (Å²) in [5, 5.41) is 0. The Morgan fingerprint density at radius 2 is 0.636 bits per heavy atom. The van der Waals surface area contributed by atoms with Crippen LogP contribution in [0.4, 0.5) is 26.3 Å². The van der Waals surface area contributed by atoms with Gasteiger partial charge in [0.15, 0.2) is 0 Å². The fourth-order valence-corrected chi connectivity index (χ4v) is 6.22. The van der Waals surface area contributed by atoms with E-state index in [-0.39, 0.29) is 36.8 Å². The second-order valence-corrected chi connectivity index (χ2v) is 12.9. The Morgan fingerprint density at radius 3 is 0.873 bits per heavy atom. The topological polar surface area (TPSA) is 38.7 Å². The van der Waals surface area contributed by atoms with Gasteiger partial charge >= 0.3 is 20.1 Å². The fraction of sp³-hybridized carbons (Fsp3) is 0.133. The summed E-state index contributed by atoms with van der Waals surface area (Å²) in [6.45, 7) is 0. The third-order valence-electron chi connectivity index (χ3n) is 9.04. The summed E-state index contributed by atoms with van der Waals surface area (Å²) < 4.78 is 82.9. The van der Waals surface area contributed by atoms with Crippen LogP contribution in [0.3, 0.4) is 0 Å². The monoisotopic (exact) mass is 919 g/mol. The Hall–Kier alpha value is -5.44. The molecule has 0 spiro atoms. The average Bonchev–Trinajstić information content (AvgIpc) is 3.16. The summed E-state index contributed by atoms with van der Waals surface area (Å²) in [4.78, 5) is 13.2. The smallest absolute Gasteiger partial charge is 0.304 e. The van der Waals surface area contributed by atoms with E-state index < -0.39 is 34.9 Å². The predicted octanol–water partition coefficient (Wildman–Crippen LogP) is 10.5. The molecule has 0 atom stereocenters. The van der Waals surface area contributed by atoms with Crippen LogP contribution in [0.5, 0.6) is 0 Å². The van der Waals surface area contributed by atoms with Crippen LogP contribution >= 0.6 is 0 Å². The molecule has 276 valence electrons. The molecule has 0 aliphatic carbocycles. The predicted molar refractivity (Wildman–Crippen MR) is 194 cm³/mol. The maximum Gasteiger partial charge on any atom is 3.00 e. The number of hydrogen-bond acceptors (Lipinski definition) is 3. The molecular formula is C45H30F6IrN3. The van der Waals surface area contributed by atoms with Crippen LogP contribution in [0.2, 0.25) is 0 Å². The molecule has 0 unspecified atom stereocenters. The van der Waals surface area contributed by atoms with Crippen molar-refractivity contribution in [1.29, 1.82) is 0 Å². The number of rotatable bonds is 12. The fourth-order valence-electron chi connectivity index (χ4n) is 6.22. The summed E-state index contributed by atoms with van der Waals surface area (Å²) >= 11 is 0. The maximum atomic E-state index is 14.3. The van der Waals surface area contributed by atoms with Crippen molar-refractivity contribution in [3.05, 3.63) is 196 Å². The zero-order valence-corrected chi connectivity index (χ0v) is 31.5. The first kappa shape index (κ1) is 39.3. The molecule has 55 heavy (non-hydrogen) atoms. The normalized spacial score (nSPS) is 11.0. The maximum absolute atomic E-state index is 14.3. The molecular weight excluding hydrogens is 889 g/mol. The number of nitrogens with zero attached hydrogens (tertiary/aromatic N) is 3. The van der Waals surface area contributed by atoms with Crippen molar-refractivity contribution in [3.63, 3.8) is 0 Å². The quantitative estimate of drug-likeness (QED) is 0.0906. The number of benzene rings is 4. The number of hydrogen-bond donors (Lipinski definition) is 0. The minimum Gasteiger partial charge on any atom is -0.304 e. The zero-order valence-electron chi connectivity index (χ0n) is 29.1. The SMILES string of the molecule is Fc1c[c-]c(-c2ccc(CCc3cc(CCc4ccc(-c5[c-]cc(F)cc5F)nc4)cc(CCc4ccc(-c5[c-]cc(F)cc5F)nc4)c3)cn2)c(F)c1.[Ir+3]. The molecule has 0 bridgehead atoms. The van der Waals surface area contributed by atoms with Gasteiger partial charge in [0, 0.05) is 53.5 Å². The number of pyridine rings is 3. The largest absolute Gasteiger partial charge is 3.00 e. The Kier molecular flexibility index (Phi) is 12.7. The number of aromatic nitrogens is 3. The van der Waals surface area contributed by atoms with Gasteiger partial charge in [-0.3, -0.25) is 26.3 Å². The molecule has 0 radical (unpaired) electrons. The molecule has 0 amide bonds. The third-order valence-corrected chi connectivity index (χ3v) is 9.04. The molecule has 4 aromatic carbocycles. The van der Waals surface area contributed by atoms with Gasteiger partial charge in [-0.1, -0.05) is 89.5 Å². The van der Waals surface area contributed by atoms with E-state index in [1.807, 2.05) is 18.2 Å². The van der Waals surface area contributed by atoms with E-state index in [0.29, 0.717) is 55.6 Å². The zero-order chi connectivity index (χ0) is 37.6. The van der Waals surface area contributed by atoms with Crippen LogP contribution in [0.15, 0.2) is 110 Å². The third kappa shape index (κ3) is 10.0. The van der Waals surface area contributed by atoms with Crippen molar-refractivity contribution in [3.8, 4) is 33.8 Å². The van der Waals surface area contributed by atoms with E-state index >= 15 is 0 Å². The number of halogens is 6.